The van der Waals surface area contributed by atoms with E-state index in [4.69, 9.17) is 10.5 Å². The van der Waals surface area contributed by atoms with Crippen LogP contribution in [0.3, 0.4) is 0 Å². The molecule has 0 saturated carbocycles. The molecule has 2 atom stereocenters. The van der Waals surface area contributed by atoms with Crippen LogP contribution in [0.2, 0.25) is 0 Å². The van der Waals surface area contributed by atoms with Crippen LogP contribution in [0.4, 0.5) is 0 Å². The van der Waals surface area contributed by atoms with E-state index >= 15 is 0 Å². The summed E-state index contributed by atoms with van der Waals surface area (Å²) >= 11 is 0. The summed E-state index contributed by atoms with van der Waals surface area (Å²) in [5, 5.41) is 12.7. The Morgan fingerprint density at radius 3 is 2.67 bits per heavy atom. The molecule has 0 radical (unpaired) electrons. The van der Waals surface area contributed by atoms with Crippen molar-refractivity contribution >= 4 is 11.5 Å². The van der Waals surface area contributed by atoms with Crippen LogP contribution in [0.5, 0.6) is 0 Å². The number of nitrogens with zero attached hydrogens (tertiary/aromatic N) is 5. The van der Waals surface area contributed by atoms with Gasteiger partial charge in [-0.2, -0.15) is 0 Å². The highest BCUT2D eigenvalue weighted by Crippen LogP contribution is 2.42. The molecule has 2 aromatic rings. The number of carbonyl (C=O) groups is 1. The highest BCUT2D eigenvalue weighted by Gasteiger charge is 2.44. The van der Waals surface area contributed by atoms with E-state index in [-0.39, 0.29) is 11.3 Å². The van der Waals surface area contributed by atoms with Crippen molar-refractivity contribution in [3.63, 3.8) is 0 Å². The second kappa shape index (κ2) is 8.10. The van der Waals surface area contributed by atoms with Crippen molar-refractivity contribution in [3.05, 3.63) is 53.1 Å². The minimum absolute atomic E-state index is 0.0457. The predicted molar refractivity (Wildman–Crippen MR) is 114 cm³/mol. The Morgan fingerprint density at radius 1 is 1.37 bits per heavy atom. The third-order valence-corrected chi connectivity index (χ3v) is 5.54. The summed E-state index contributed by atoms with van der Waals surface area (Å²) < 4.78 is 7.33. The maximum atomic E-state index is 12.3. The molecule has 1 aliphatic carbocycles. The molecule has 2 aromatic heterocycles. The summed E-state index contributed by atoms with van der Waals surface area (Å²) in [7, 11) is 1.66. The molecular weight excluding hydrogens is 380 g/mol. The summed E-state index contributed by atoms with van der Waals surface area (Å²) in [5.74, 6) is 0.214. The molecular formula is C22H30N6O2. The molecule has 2 N–H and O–H groups in total. The molecule has 1 amide bonds. The van der Waals surface area contributed by atoms with Crippen molar-refractivity contribution in [2.75, 3.05) is 13.7 Å². The monoisotopic (exact) mass is 410 g/mol. The normalized spacial score (nSPS) is 20.5. The smallest absolute Gasteiger partial charge is 0.244 e. The largest absolute Gasteiger partial charge is 0.384 e. The highest BCUT2D eigenvalue weighted by atomic mass is 16.5. The Bertz CT molecular complexity index is 984. The standard InChI is InChI=1S/C22H30N6O2/c1-14-7-8-18(24-12-14)16-9-17(19(23)29)11-22(10-16,15(2)13-30-6)28-20(21(3,4)5)25-26-27-28/h7-10,12,15H,11,13H2,1-6H3,(H2,23,29)/t15-,22?/m0/s1. The third kappa shape index (κ3) is 4.05. The first kappa shape index (κ1) is 21.8. The lowest BCUT2D eigenvalue weighted by atomic mass is 9.74. The summed E-state index contributed by atoms with van der Waals surface area (Å²) in [6.45, 7) is 10.7. The van der Waals surface area contributed by atoms with Crippen LogP contribution in [0.25, 0.3) is 5.57 Å². The van der Waals surface area contributed by atoms with Gasteiger partial charge in [0.2, 0.25) is 5.91 Å². The number of methoxy groups -OCH3 is 1. The number of rotatable bonds is 6. The molecule has 1 unspecified atom stereocenters. The van der Waals surface area contributed by atoms with Crippen LogP contribution in [-0.4, -0.2) is 44.8 Å². The van der Waals surface area contributed by atoms with Crippen LogP contribution in [0.1, 0.15) is 51.2 Å². The van der Waals surface area contributed by atoms with Crippen molar-refractivity contribution in [3.8, 4) is 0 Å². The Labute approximate surface area is 177 Å². The van der Waals surface area contributed by atoms with Crippen LogP contribution in [0.15, 0.2) is 36.1 Å². The molecule has 0 spiro atoms. The lowest BCUT2D eigenvalue weighted by molar-refractivity contribution is -0.115. The van der Waals surface area contributed by atoms with E-state index in [0.717, 1.165) is 22.7 Å². The molecule has 0 aromatic carbocycles. The Kier molecular flexibility index (Phi) is 5.90. The molecule has 160 valence electrons. The summed E-state index contributed by atoms with van der Waals surface area (Å²) in [5.41, 5.74) is 7.87. The van der Waals surface area contributed by atoms with Crippen molar-refractivity contribution in [2.45, 2.75) is 52.0 Å². The Morgan fingerprint density at radius 2 is 2.10 bits per heavy atom. The number of aryl methyl sites for hydroxylation is 1. The molecule has 0 aliphatic heterocycles. The van der Waals surface area contributed by atoms with Gasteiger partial charge in [-0.1, -0.05) is 33.8 Å². The van der Waals surface area contributed by atoms with Gasteiger partial charge in [0.25, 0.3) is 0 Å². The minimum atomic E-state index is -0.733. The van der Waals surface area contributed by atoms with Crippen LogP contribution < -0.4 is 5.73 Å². The van der Waals surface area contributed by atoms with E-state index in [9.17, 15) is 4.79 Å². The van der Waals surface area contributed by atoms with Crippen LogP contribution in [0, 0.1) is 12.8 Å². The van der Waals surface area contributed by atoms with Gasteiger partial charge in [-0.25, -0.2) is 4.68 Å². The van der Waals surface area contributed by atoms with E-state index in [1.54, 1.807) is 13.3 Å². The van der Waals surface area contributed by atoms with Gasteiger partial charge in [0, 0.05) is 36.6 Å². The number of hydrogen-bond donors (Lipinski definition) is 1. The molecule has 0 bridgehead atoms. The van der Waals surface area contributed by atoms with E-state index in [2.05, 4.69) is 54.3 Å². The lowest BCUT2D eigenvalue weighted by Gasteiger charge is -2.41. The van der Waals surface area contributed by atoms with Crippen LogP contribution in [-0.2, 0) is 20.5 Å². The van der Waals surface area contributed by atoms with Gasteiger partial charge in [0.1, 0.15) is 0 Å². The highest BCUT2D eigenvalue weighted by molar-refractivity contribution is 5.96. The molecule has 30 heavy (non-hydrogen) atoms. The maximum Gasteiger partial charge on any atom is 0.244 e. The summed E-state index contributed by atoms with van der Waals surface area (Å²) in [6.07, 6.45) is 6.10. The first-order valence-electron chi connectivity index (χ1n) is 10.0. The number of ether oxygens (including phenoxy) is 1. The van der Waals surface area contributed by atoms with Crippen molar-refractivity contribution < 1.29 is 9.53 Å². The fourth-order valence-electron chi connectivity index (χ4n) is 3.84. The zero-order valence-corrected chi connectivity index (χ0v) is 18.5. The van der Waals surface area contributed by atoms with Gasteiger partial charge in [0.05, 0.1) is 17.8 Å². The molecule has 8 nitrogen and oxygen atoms in total. The van der Waals surface area contributed by atoms with E-state index in [1.807, 2.05) is 29.8 Å². The van der Waals surface area contributed by atoms with E-state index in [0.29, 0.717) is 18.6 Å². The van der Waals surface area contributed by atoms with Crippen molar-refractivity contribution in [1.29, 1.82) is 0 Å². The van der Waals surface area contributed by atoms with Gasteiger partial charge in [-0.3, -0.25) is 9.78 Å². The number of allylic oxidation sites excluding steroid dienone is 3. The second-order valence-electron chi connectivity index (χ2n) is 9.04. The molecule has 3 rings (SSSR count). The molecule has 0 saturated heterocycles. The summed E-state index contributed by atoms with van der Waals surface area (Å²) in [4.78, 5) is 16.9. The summed E-state index contributed by atoms with van der Waals surface area (Å²) in [6, 6.07) is 3.94. The van der Waals surface area contributed by atoms with Gasteiger partial charge < -0.3 is 10.5 Å². The number of tetrazole rings is 1. The van der Waals surface area contributed by atoms with Crippen LogP contribution >= 0.6 is 0 Å². The van der Waals surface area contributed by atoms with Gasteiger partial charge in [-0.15, -0.1) is 5.10 Å². The van der Waals surface area contributed by atoms with E-state index in [1.165, 1.54) is 0 Å². The molecule has 1 aliphatic rings. The van der Waals surface area contributed by atoms with Gasteiger partial charge in [0.15, 0.2) is 5.82 Å². The third-order valence-electron chi connectivity index (χ3n) is 5.54. The number of hydrogen-bond acceptors (Lipinski definition) is 6. The van der Waals surface area contributed by atoms with Crippen molar-refractivity contribution in [1.82, 2.24) is 25.2 Å². The first-order chi connectivity index (χ1) is 14.1. The average molecular weight is 411 g/mol. The number of carbonyl (C=O) groups excluding carboxylic acids is 1. The zero-order chi connectivity index (χ0) is 22.1. The van der Waals surface area contributed by atoms with Gasteiger partial charge >= 0.3 is 0 Å². The second-order valence-corrected chi connectivity index (χ2v) is 9.04. The molecule has 2 heterocycles. The predicted octanol–water partition coefficient (Wildman–Crippen LogP) is 2.55. The topological polar surface area (TPSA) is 109 Å². The fourth-order valence-corrected chi connectivity index (χ4v) is 3.84. The number of primary amides is 1. The molecule has 8 heteroatoms. The minimum Gasteiger partial charge on any atom is -0.384 e. The average Bonchev–Trinajstić information content (AvgIpc) is 3.19. The number of pyridine rings is 1. The fraction of sp³-hybridized carbons (Fsp3) is 0.500. The van der Waals surface area contributed by atoms with E-state index < -0.39 is 11.4 Å². The maximum absolute atomic E-state index is 12.3. The number of amides is 1. The van der Waals surface area contributed by atoms with Crippen molar-refractivity contribution in [2.24, 2.45) is 11.7 Å². The Balaban J connectivity index is 2.28. The number of aromatic nitrogens is 5. The zero-order valence-electron chi connectivity index (χ0n) is 18.5. The Hall–Kier alpha value is -2.87. The lowest BCUT2D eigenvalue weighted by Crippen LogP contribution is -2.46. The van der Waals surface area contributed by atoms with Gasteiger partial charge in [-0.05, 0) is 46.7 Å². The number of nitrogens with two attached hydrogens (primary N) is 1. The first-order valence-corrected chi connectivity index (χ1v) is 10.0. The SMILES string of the molecule is COC[C@H](C)C1(n2nnnc2C(C)(C)C)C=C(c2ccc(C)cn2)C=C(C(N)=O)C1. The quantitative estimate of drug-likeness (QED) is 0.784. The molecule has 0 fully saturated rings.